The van der Waals surface area contributed by atoms with E-state index in [0.717, 1.165) is 12.8 Å². The quantitative estimate of drug-likeness (QED) is 0.912. The van der Waals surface area contributed by atoms with Crippen molar-refractivity contribution < 1.29 is 12.8 Å². The number of halogens is 1. The summed E-state index contributed by atoms with van der Waals surface area (Å²) in [6, 6.07) is 4.15. The monoisotopic (exact) mass is 286 g/mol. The highest BCUT2D eigenvalue weighted by molar-refractivity contribution is 7.89. The second-order valence-electron chi connectivity index (χ2n) is 4.83. The Labute approximate surface area is 113 Å². The molecule has 1 aliphatic rings. The molecule has 1 aromatic carbocycles. The Bertz CT molecular complexity index is 560. The molecule has 1 fully saturated rings. The zero-order valence-corrected chi connectivity index (χ0v) is 12.0. The molecule has 0 radical (unpaired) electrons. The number of sulfonamides is 1. The van der Waals surface area contributed by atoms with Crippen molar-refractivity contribution in [2.45, 2.75) is 30.7 Å². The molecule has 1 unspecified atom stereocenters. The van der Waals surface area contributed by atoms with Crippen molar-refractivity contribution >= 4 is 10.0 Å². The lowest BCUT2D eigenvalue weighted by Gasteiger charge is -2.24. The highest BCUT2D eigenvalue weighted by Crippen LogP contribution is 2.28. The topological polar surface area (TPSA) is 49.4 Å². The Morgan fingerprint density at radius 3 is 2.89 bits per heavy atom. The van der Waals surface area contributed by atoms with Gasteiger partial charge in [0.15, 0.2) is 0 Å². The Hall–Kier alpha value is -0.980. The normalized spacial score (nSPS) is 20.9. The predicted molar refractivity (Wildman–Crippen MR) is 72.0 cm³/mol. The fourth-order valence-corrected chi connectivity index (χ4v) is 4.49. The number of nitrogens with one attached hydrogen (secondary N) is 1. The van der Waals surface area contributed by atoms with E-state index >= 15 is 0 Å². The van der Waals surface area contributed by atoms with Crippen LogP contribution in [0.1, 0.15) is 18.4 Å². The second-order valence-corrected chi connectivity index (χ2v) is 6.69. The van der Waals surface area contributed by atoms with Gasteiger partial charge in [0.2, 0.25) is 10.0 Å². The smallest absolute Gasteiger partial charge is 0.243 e. The van der Waals surface area contributed by atoms with Crippen LogP contribution in [0, 0.1) is 12.7 Å². The molecule has 1 N–H and O–H groups in total. The van der Waals surface area contributed by atoms with Gasteiger partial charge in [-0.15, -0.1) is 0 Å². The molecule has 1 aromatic rings. The first-order valence-electron chi connectivity index (χ1n) is 6.40. The average molecular weight is 286 g/mol. The van der Waals surface area contributed by atoms with E-state index in [4.69, 9.17) is 0 Å². The van der Waals surface area contributed by atoms with Crippen LogP contribution in [-0.4, -0.2) is 38.9 Å². The molecule has 0 spiro atoms. The van der Waals surface area contributed by atoms with Crippen molar-refractivity contribution in [1.82, 2.24) is 9.62 Å². The van der Waals surface area contributed by atoms with Crippen LogP contribution in [-0.2, 0) is 10.0 Å². The van der Waals surface area contributed by atoms with Gasteiger partial charge in [-0.3, -0.25) is 0 Å². The first-order chi connectivity index (χ1) is 8.98. The summed E-state index contributed by atoms with van der Waals surface area (Å²) >= 11 is 0. The first-order valence-corrected chi connectivity index (χ1v) is 7.84. The van der Waals surface area contributed by atoms with Crippen molar-refractivity contribution in [3.05, 3.63) is 29.6 Å². The molecule has 0 bridgehead atoms. The largest absolute Gasteiger partial charge is 0.318 e. The Morgan fingerprint density at radius 2 is 2.21 bits per heavy atom. The lowest BCUT2D eigenvalue weighted by molar-refractivity contribution is 0.378. The second kappa shape index (κ2) is 5.56. The molecule has 1 aliphatic heterocycles. The number of likely N-dealkylation sites (N-methyl/N-ethyl adjacent to an activating group) is 1. The third-order valence-electron chi connectivity index (χ3n) is 3.57. The fraction of sp³-hybridized carbons (Fsp3) is 0.538. The number of hydrogen-bond acceptors (Lipinski definition) is 3. The van der Waals surface area contributed by atoms with E-state index in [-0.39, 0.29) is 16.5 Å². The molecule has 0 aromatic heterocycles. The number of rotatable bonds is 4. The Morgan fingerprint density at radius 1 is 1.47 bits per heavy atom. The van der Waals surface area contributed by atoms with Crippen LogP contribution in [0.3, 0.4) is 0 Å². The molecular formula is C13H19FN2O2S. The third-order valence-corrected chi connectivity index (χ3v) is 5.66. The third kappa shape index (κ3) is 2.66. The van der Waals surface area contributed by atoms with Gasteiger partial charge in [-0.2, -0.15) is 4.31 Å². The summed E-state index contributed by atoms with van der Waals surface area (Å²) in [5.74, 6) is -0.481. The van der Waals surface area contributed by atoms with Gasteiger partial charge in [0.05, 0.1) is 4.90 Å². The van der Waals surface area contributed by atoms with E-state index < -0.39 is 15.8 Å². The minimum absolute atomic E-state index is 0.0438. The van der Waals surface area contributed by atoms with E-state index in [1.807, 2.05) is 0 Å². The van der Waals surface area contributed by atoms with E-state index in [1.54, 1.807) is 7.05 Å². The SMILES string of the molecule is CNCC1CCCN1S(=O)(=O)c1cccc(F)c1C. The molecule has 6 heteroatoms. The van der Waals surface area contributed by atoms with Gasteiger partial charge in [-0.25, -0.2) is 12.8 Å². The summed E-state index contributed by atoms with van der Waals surface area (Å²) in [5, 5.41) is 3.01. The maximum absolute atomic E-state index is 13.5. The number of hydrogen-bond donors (Lipinski definition) is 1. The van der Waals surface area contributed by atoms with Crippen LogP contribution in [0.2, 0.25) is 0 Å². The van der Waals surface area contributed by atoms with Gasteiger partial charge in [-0.05, 0) is 38.9 Å². The van der Waals surface area contributed by atoms with Gasteiger partial charge in [0.25, 0.3) is 0 Å². The van der Waals surface area contributed by atoms with Crippen LogP contribution in [0.4, 0.5) is 4.39 Å². The van der Waals surface area contributed by atoms with Crippen LogP contribution in [0.15, 0.2) is 23.1 Å². The fourth-order valence-electron chi connectivity index (χ4n) is 2.56. The molecule has 1 atom stereocenters. The molecule has 106 valence electrons. The minimum atomic E-state index is -3.61. The van der Waals surface area contributed by atoms with Gasteiger partial charge < -0.3 is 5.32 Å². The lowest BCUT2D eigenvalue weighted by atomic mass is 10.2. The molecule has 0 aliphatic carbocycles. The molecule has 0 saturated carbocycles. The Kier molecular flexibility index (Phi) is 4.23. The summed E-state index contributed by atoms with van der Waals surface area (Å²) in [6.45, 7) is 2.63. The van der Waals surface area contributed by atoms with Crippen LogP contribution < -0.4 is 5.32 Å². The molecule has 2 rings (SSSR count). The van der Waals surface area contributed by atoms with Gasteiger partial charge in [0, 0.05) is 24.7 Å². The predicted octanol–water partition coefficient (Wildman–Crippen LogP) is 1.51. The standard InChI is InChI=1S/C13H19FN2O2S/c1-10-12(14)6-3-7-13(10)19(17,18)16-8-4-5-11(16)9-15-2/h3,6-7,11,15H,4-5,8-9H2,1-2H3. The van der Waals surface area contributed by atoms with Crippen molar-refractivity contribution in [1.29, 1.82) is 0 Å². The lowest BCUT2D eigenvalue weighted by Crippen LogP contribution is -2.41. The number of benzene rings is 1. The van der Waals surface area contributed by atoms with Crippen molar-refractivity contribution in [3.63, 3.8) is 0 Å². The number of nitrogens with zero attached hydrogens (tertiary/aromatic N) is 1. The van der Waals surface area contributed by atoms with Gasteiger partial charge >= 0.3 is 0 Å². The van der Waals surface area contributed by atoms with Crippen LogP contribution in [0.5, 0.6) is 0 Å². The van der Waals surface area contributed by atoms with E-state index in [9.17, 15) is 12.8 Å². The summed E-state index contributed by atoms with van der Waals surface area (Å²) in [5.41, 5.74) is 0.192. The zero-order valence-electron chi connectivity index (χ0n) is 11.2. The molecule has 4 nitrogen and oxygen atoms in total. The summed E-state index contributed by atoms with van der Waals surface area (Å²) in [4.78, 5) is 0.0792. The van der Waals surface area contributed by atoms with Crippen molar-refractivity contribution in [2.24, 2.45) is 0 Å². The summed E-state index contributed by atoms with van der Waals surface area (Å²) < 4.78 is 40.3. The van der Waals surface area contributed by atoms with Gasteiger partial charge in [0.1, 0.15) is 5.82 Å². The van der Waals surface area contributed by atoms with E-state index in [0.29, 0.717) is 13.1 Å². The zero-order chi connectivity index (χ0) is 14.0. The summed E-state index contributed by atoms with van der Waals surface area (Å²) in [7, 11) is -1.81. The molecular weight excluding hydrogens is 267 g/mol. The highest BCUT2D eigenvalue weighted by atomic mass is 32.2. The molecule has 0 amide bonds. The molecule has 1 heterocycles. The minimum Gasteiger partial charge on any atom is -0.318 e. The summed E-state index contributed by atoms with van der Waals surface area (Å²) in [6.07, 6.45) is 1.69. The maximum atomic E-state index is 13.5. The highest BCUT2D eigenvalue weighted by Gasteiger charge is 2.35. The maximum Gasteiger partial charge on any atom is 0.243 e. The van der Waals surface area contributed by atoms with Crippen LogP contribution >= 0.6 is 0 Å². The molecule has 19 heavy (non-hydrogen) atoms. The first kappa shape index (κ1) is 14.4. The van der Waals surface area contributed by atoms with E-state index in [1.165, 1.54) is 29.4 Å². The van der Waals surface area contributed by atoms with Crippen molar-refractivity contribution in [3.8, 4) is 0 Å². The molecule has 1 saturated heterocycles. The van der Waals surface area contributed by atoms with Crippen LogP contribution in [0.25, 0.3) is 0 Å². The Balaban J connectivity index is 2.39. The van der Waals surface area contributed by atoms with E-state index in [2.05, 4.69) is 5.32 Å². The van der Waals surface area contributed by atoms with Gasteiger partial charge in [-0.1, -0.05) is 6.07 Å². The average Bonchev–Trinajstić information content (AvgIpc) is 2.82. The van der Waals surface area contributed by atoms with Crippen molar-refractivity contribution in [2.75, 3.05) is 20.1 Å².